The average molecular weight is 503 g/mol. The fourth-order valence-electron chi connectivity index (χ4n) is 3.36. The van der Waals surface area contributed by atoms with Gasteiger partial charge in [0.15, 0.2) is 22.5 Å². The van der Waals surface area contributed by atoms with E-state index in [9.17, 15) is 4.79 Å². The predicted molar refractivity (Wildman–Crippen MR) is 140 cm³/mol. The van der Waals surface area contributed by atoms with Gasteiger partial charge in [-0.2, -0.15) is 5.10 Å². The quantitative estimate of drug-likeness (QED) is 0.196. The Hall–Kier alpha value is -4.18. The number of amides is 1. The van der Waals surface area contributed by atoms with Crippen molar-refractivity contribution in [1.82, 2.24) is 25.2 Å². The van der Waals surface area contributed by atoms with Crippen LogP contribution in [0.25, 0.3) is 17.1 Å². The van der Waals surface area contributed by atoms with Gasteiger partial charge in [-0.1, -0.05) is 29.5 Å². The summed E-state index contributed by atoms with van der Waals surface area (Å²) in [4.78, 5) is 16.6. The highest BCUT2D eigenvalue weighted by Crippen LogP contribution is 2.28. The number of hydrogen-bond acceptors (Lipinski definition) is 8. The molecule has 0 saturated carbocycles. The van der Waals surface area contributed by atoms with Crippen LogP contribution in [-0.4, -0.2) is 51.3 Å². The Labute approximate surface area is 213 Å². The summed E-state index contributed by atoms with van der Waals surface area (Å²) in [6, 6.07) is 17.2. The van der Waals surface area contributed by atoms with Gasteiger partial charge in [0, 0.05) is 23.6 Å². The number of aryl methyl sites for hydroxylation is 1. The molecule has 1 amide bonds. The monoisotopic (exact) mass is 502 g/mol. The second kappa shape index (κ2) is 12.0. The zero-order valence-corrected chi connectivity index (χ0v) is 21.0. The third-order valence-electron chi connectivity index (χ3n) is 5.09. The average Bonchev–Trinajstić information content (AvgIpc) is 3.33. The number of carbonyl (C=O) groups is 1. The van der Waals surface area contributed by atoms with Crippen molar-refractivity contribution >= 4 is 23.9 Å². The third-order valence-corrected chi connectivity index (χ3v) is 6.02. The van der Waals surface area contributed by atoms with E-state index in [1.807, 2.05) is 60.9 Å². The predicted octanol–water partition coefficient (Wildman–Crippen LogP) is 4.29. The van der Waals surface area contributed by atoms with Crippen molar-refractivity contribution in [3.05, 3.63) is 78.1 Å². The molecule has 0 fully saturated rings. The summed E-state index contributed by atoms with van der Waals surface area (Å²) in [5.74, 6) is 1.78. The van der Waals surface area contributed by atoms with Crippen LogP contribution >= 0.6 is 11.8 Å². The standard InChI is InChI=1S/C26H26N6O3S/c1-4-35-22-10-7-19(15-23(22)34-3)16-28-29-24(33)17-36-26-31-30-25(20-11-13-27-14-12-20)32(26)21-8-5-18(2)6-9-21/h5-16H,4,17H2,1-3H3,(H,29,33)/b28-16+. The van der Waals surface area contributed by atoms with E-state index >= 15 is 0 Å². The summed E-state index contributed by atoms with van der Waals surface area (Å²) < 4.78 is 12.8. The normalized spacial score (nSPS) is 11.0. The second-order valence-electron chi connectivity index (χ2n) is 7.64. The van der Waals surface area contributed by atoms with E-state index in [0.717, 1.165) is 22.4 Å². The number of carbonyl (C=O) groups excluding carboxylic acids is 1. The van der Waals surface area contributed by atoms with Gasteiger partial charge in [-0.3, -0.25) is 14.3 Å². The molecule has 0 aliphatic heterocycles. The molecule has 36 heavy (non-hydrogen) atoms. The number of ether oxygens (including phenoxy) is 2. The first-order chi connectivity index (χ1) is 17.6. The molecule has 0 saturated heterocycles. The summed E-state index contributed by atoms with van der Waals surface area (Å²) in [5, 5.41) is 13.4. The van der Waals surface area contributed by atoms with E-state index in [0.29, 0.717) is 29.1 Å². The van der Waals surface area contributed by atoms with Crippen LogP contribution in [0, 0.1) is 6.92 Å². The van der Waals surface area contributed by atoms with E-state index in [1.165, 1.54) is 11.8 Å². The molecular weight excluding hydrogens is 476 g/mol. The van der Waals surface area contributed by atoms with Crippen LogP contribution in [0.3, 0.4) is 0 Å². The van der Waals surface area contributed by atoms with Crippen molar-refractivity contribution in [3.63, 3.8) is 0 Å². The maximum atomic E-state index is 12.5. The Bertz CT molecular complexity index is 1340. The largest absolute Gasteiger partial charge is 0.493 e. The van der Waals surface area contributed by atoms with Crippen molar-refractivity contribution in [2.45, 2.75) is 19.0 Å². The molecule has 0 radical (unpaired) electrons. The first-order valence-electron chi connectivity index (χ1n) is 11.3. The van der Waals surface area contributed by atoms with Crippen LogP contribution in [0.4, 0.5) is 0 Å². The molecule has 1 N–H and O–H groups in total. The molecule has 2 aromatic carbocycles. The Morgan fingerprint density at radius 2 is 1.86 bits per heavy atom. The molecule has 0 unspecified atom stereocenters. The van der Waals surface area contributed by atoms with Crippen LogP contribution in [0.1, 0.15) is 18.1 Å². The molecule has 0 aliphatic rings. The number of hydrazone groups is 1. The third kappa shape index (κ3) is 6.08. The van der Waals surface area contributed by atoms with Crippen molar-refractivity contribution in [1.29, 1.82) is 0 Å². The maximum Gasteiger partial charge on any atom is 0.250 e. The molecule has 4 rings (SSSR count). The number of nitrogens with zero attached hydrogens (tertiary/aromatic N) is 5. The van der Waals surface area contributed by atoms with Gasteiger partial charge in [-0.15, -0.1) is 10.2 Å². The summed E-state index contributed by atoms with van der Waals surface area (Å²) in [7, 11) is 1.58. The Morgan fingerprint density at radius 1 is 1.08 bits per heavy atom. The van der Waals surface area contributed by atoms with Gasteiger partial charge < -0.3 is 9.47 Å². The van der Waals surface area contributed by atoms with E-state index < -0.39 is 0 Å². The van der Waals surface area contributed by atoms with Crippen molar-refractivity contribution in [2.75, 3.05) is 19.5 Å². The minimum absolute atomic E-state index is 0.115. The van der Waals surface area contributed by atoms with E-state index in [-0.39, 0.29) is 11.7 Å². The zero-order chi connectivity index (χ0) is 25.3. The van der Waals surface area contributed by atoms with Crippen LogP contribution in [0.15, 0.2) is 77.2 Å². The minimum atomic E-state index is -0.266. The molecule has 184 valence electrons. The van der Waals surface area contributed by atoms with Crippen LogP contribution in [0.2, 0.25) is 0 Å². The molecule has 10 heteroatoms. The lowest BCUT2D eigenvalue weighted by molar-refractivity contribution is -0.118. The van der Waals surface area contributed by atoms with E-state index in [1.54, 1.807) is 37.9 Å². The van der Waals surface area contributed by atoms with Crippen molar-refractivity contribution in [3.8, 4) is 28.6 Å². The maximum absolute atomic E-state index is 12.5. The fourth-order valence-corrected chi connectivity index (χ4v) is 4.10. The molecule has 0 atom stereocenters. The molecule has 4 aromatic rings. The molecular formula is C26H26N6O3S. The summed E-state index contributed by atoms with van der Waals surface area (Å²) in [6.07, 6.45) is 4.97. The first-order valence-corrected chi connectivity index (χ1v) is 12.3. The molecule has 0 bridgehead atoms. The van der Waals surface area contributed by atoms with Crippen LogP contribution in [0.5, 0.6) is 11.5 Å². The summed E-state index contributed by atoms with van der Waals surface area (Å²) in [6.45, 7) is 4.48. The summed E-state index contributed by atoms with van der Waals surface area (Å²) >= 11 is 1.28. The molecule has 2 heterocycles. The number of aromatic nitrogens is 4. The highest BCUT2D eigenvalue weighted by Gasteiger charge is 2.17. The van der Waals surface area contributed by atoms with Gasteiger partial charge in [0.05, 0.1) is 25.7 Å². The Morgan fingerprint density at radius 3 is 2.58 bits per heavy atom. The van der Waals surface area contributed by atoms with Gasteiger partial charge in [0.1, 0.15) is 0 Å². The lowest BCUT2D eigenvalue weighted by atomic mass is 10.2. The number of pyridine rings is 1. The SMILES string of the molecule is CCOc1ccc(/C=N/NC(=O)CSc2nnc(-c3ccncc3)n2-c2ccc(C)cc2)cc1OC. The van der Waals surface area contributed by atoms with Gasteiger partial charge in [-0.05, 0) is 61.9 Å². The topological polar surface area (TPSA) is 104 Å². The van der Waals surface area contributed by atoms with E-state index in [4.69, 9.17) is 9.47 Å². The minimum Gasteiger partial charge on any atom is -0.493 e. The Balaban J connectivity index is 1.45. The van der Waals surface area contributed by atoms with Crippen LogP contribution in [-0.2, 0) is 4.79 Å². The number of thioether (sulfide) groups is 1. The zero-order valence-electron chi connectivity index (χ0n) is 20.2. The smallest absolute Gasteiger partial charge is 0.250 e. The Kier molecular flexibility index (Phi) is 8.30. The lowest BCUT2D eigenvalue weighted by Gasteiger charge is -2.10. The first kappa shape index (κ1) is 24.9. The van der Waals surface area contributed by atoms with Gasteiger partial charge in [0.25, 0.3) is 5.91 Å². The molecule has 9 nitrogen and oxygen atoms in total. The molecule has 2 aromatic heterocycles. The highest BCUT2D eigenvalue weighted by atomic mass is 32.2. The highest BCUT2D eigenvalue weighted by molar-refractivity contribution is 7.99. The van der Waals surface area contributed by atoms with E-state index in [2.05, 4.69) is 25.7 Å². The van der Waals surface area contributed by atoms with Gasteiger partial charge >= 0.3 is 0 Å². The number of methoxy groups -OCH3 is 1. The van der Waals surface area contributed by atoms with Crippen molar-refractivity contribution in [2.24, 2.45) is 5.10 Å². The molecule has 0 spiro atoms. The van der Waals surface area contributed by atoms with Crippen LogP contribution < -0.4 is 14.9 Å². The number of nitrogens with one attached hydrogen (secondary N) is 1. The fraction of sp³-hybridized carbons (Fsp3) is 0.192. The molecule has 0 aliphatic carbocycles. The number of benzene rings is 2. The number of hydrogen-bond donors (Lipinski definition) is 1. The number of rotatable bonds is 10. The lowest BCUT2D eigenvalue weighted by Crippen LogP contribution is -2.20. The van der Waals surface area contributed by atoms with Crippen molar-refractivity contribution < 1.29 is 14.3 Å². The van der Waals surface area contributed by atoms with Gasteiger partial charge in [0.2, 0.25) is 0 Å². The van der Waals surface area contributed by atoms with Gasteiger partial charge in [-0.25, -0.2) is 5.43 Å². The summed E-state index contributed by atoms with van der Waals surface area (Å²) in [5.41, 5.74) is 6.26. The second-order valence-corrected chi connectivity index (χ2v) is 8.58.